The van der Waals surface area contributed by atoms with Gasteiger partial charge >= 0.3 is 6.55 Å². The molecule has 0 amide bonds. The Kier molecular flexibility index (Phi) is 3.86. The monoisotopic (exact) mass is 269 g/mol. The quantitative estimate of drug-likeness (QED) is 0.683. The van der Waals surface area contributed by atoms with E-state index in [-0.39, 0.29) is 0 Å². The number of hydrogen-bond acceptors (Lipinski definition) is 3. The lowest BCUT2D eigenvalue weighted by atomic mass is 10.2. The highest BCUT2D eigenvalue weighted by Crippen LogP contribution is 2.27. The number of aromatic nitrogens is 2. The molecule has 0 fully saturated rings. The third-order valence-electron chi connectivity index (χ3n) is 2.51. The SMILES string of the molecule is Cc1cc(N)ccc1SCc1nccn1C(F)F. The van der Waals surface area contributed by atoms with E-state index in [0.717, 1.165) is 15.0 Å². The number of imidazole rings is 1. The van der Waals surface area contributed by atoms with Crippen LogP contribution in [0.1, 0.15) is 17.9 Å². The van der Waals surface area contributed by atoms with Gasteiger partial charge < -0.3 is 5.73 Å². The molecular formula is C12H13F2N3S. The number of alkyl halides is 2. The van der Waals surface area contributed by atoms with E-state index >= 15 is 0 Å². The zero-order valence-corrected chi connectivity index (χ0v) is 10.6. The Morgan fingerprint density at radius 1 is 1.44 bits per heavy atom. The zero-order valence-electron chi connectivity index (χ0n) is 9.81. The average Bonchev–Trinajstić information content (AvgIpc) is 2.76. The van der Waals surface area contributed by atoms with Crippen LogP contribution >= 0.6 is 11.8 Å². The molecule has 2 N–H and O–H groups in total. The van der Waals surface area contributed by atoms with Crippen molar-refractivity contribution in [2.75, 3.05) is 5.73 Å². The van der Waals surface area contributed by atoms with E-state index in [1.54, 1.807) is 6.07 Å². The van der Waals surface area contributed by atoms with Gasteiger partial charge in [-0.15, -0.1) is 11.8 Å². The number of thioether (sulfide) groups is 1. The van der Waals surface area contributed by atoms with Gasteiger partial charge in [0.1, 0.15) is 5.82 Å². The lowest BCUT2D eigenvalue weighted by Gasteiger charge is -2.08. The minimum absolute atomic E-state index is 0.367. The van der Waals surface area contributed by atoms with Crippen LogP contribution in [-0.4, -0.2) is 9.55 Å². The van der Waals surface area contributed by atoms with Crippen molar-refractivity contribution in [3.05, 3.63) is 42.0 Å². The van der Waals surface area contributed by atoms with Crippen LogP contribution < -0.4 is 5.73 Å². The third-order valence-corrected chi connectivity index (χ3v) is 3.69. The van der Waals surface area contributed by atoms with Crippen LogP contribution in [-0.2, 0) is 5.75 Å². The summed E-state index contributed by atoms with van der Waals surface area (Å²) in [6.07, 6.45) is 2.67. The normalized spacial score (nSPS) is 11.1. The molecule has 96 valence electrons. The van der Waals surface area contributed by atoms with Gasteiger partial charge in [0.05, 0.1) is 5.75 Å². The second-order valence-corrected chi connectivity index (χ2v) is 4.86. The van der Waals surface area contributed by atoms with Gasteiger partial charge in [0, 0.05) is 23.0 Å². The Morgan fingerprint density at radius 2 is 2.22 bits per heavy atom. The van der Waals surface area contributed by atoms with Crippen molar-refractivity contribution in [3.8, 4) is 0 Å². The van der Waals surface area contributed by atoms with Crippen LogP contribution in [0.2, 0.25) is 0 Å². The summed E-state index contributed by atoms with van der Waals surface area (Å²) in [5.74, 6) is 0.772. The summed E-state index contributed by atoms with van der Waals surface area (Å²) in [4.78, 5) is 4.96. The standard InChI is InChI=1S/C12H13F2N3S/c1-8-6-9(15)2-3-10(8)18-7-11-16-4-5-17(11)12(13)14/h2-6,12H,7,15H2,1H3. The fourth-order valence-corrected chi connectivity index (χ4v) is 2.57. The average molecular weight is 269 g/mol. The lowest BCUT2D eigenvalue weighted by Crippen LogP contribution is -2.02. The first-order valence-electron chi connectivity index (χ1n) is 5.36. The largest absolute Gasteiger partial charge is 0.399 e. The Labute approximate surface area is 108 Å². The summed E-state index contributed by atoms with van der Waals surface area (Å²) >= 11 is 1.47. The maximum Gasteiger partial charge on any atom is 0.319 e. The highest BCUT2D eigenvalue weighted by Gasteiger charge is 2.11. The Bertz CT molecular complexity index is 540. The molecule has 1 aromatic carbocycles. The van der Waals surface area contributed by atoms with Gasteiger partial charge in [-0.1, -0.05) is 0 Å². The van der Waals surface area contributed by atoms with Crippen molar-refractivity contribution in [1.29, 1.82) is 0 Å². The maximum absolute atomic E-state index is 12.6. The van der Waals surface area contributed by atoms with Crippen molar-refractivity contribution in [2.45, 2.75) is 24.1 Å². The van der Waals surface area contributed by atoms with Crippen LogP contribution in [0.4, 0.5) is 14.5 Å². The topological polar surface area (TPSA) is 43.8 Å². The molecule has 0 aliphatic rings. The van der Waals surface area contributed by atoms with Crippen LogP contribution in [0.25, 0.3) is 0 Å². The van der Waals surface area contributed by atoms with Gasteiger partial charge in [0.2, 0.25) is 0 Å². The van der Waals surface area contributed by atoms with Crippen molar-refractivity contribution < 1.29 is 8.78 Å². The number of anilines is 1. The fourth-order valence-electron chi connectivity index (χ4n) is 1.61. The first-order valence-corrected chi connectivity index (χ1v) is 6.35. The van der Waals surface area contributed by atoms with Crippen LogP contribution in [0.15, 0.2) is 35.5 Å². The van der Waals surface area contributed by atoms with E-state index in [0.29, 0.717) is 17.3 Å². The molecule has 0 unspecified atom stereocenters. The number of nitrogens with two attached hydrogens (primary N) is 1. The molecule has 0 atom stereocenters. The van der Waals surface area contributed by atoms with Gasteiger partial charge in [-0.05, 0) is 30.7 Å². The van der Waals surface area contributed by atoms with Crippen molar-refractivity contribution in [1.82, 2.24) is 9.55 Å². The minimum atomic E-state index is -2.55. The molecule has 2 aromatic rings. The first kappa shape index (κ1) is 12.9. The summed E-state index contributed by atoms with van der Waals surface area (Å²) in [6, 6.07) is 5.56. The molecule has 0 spiro atoms. The van der Waals surface area contributed by atoms with E-state index in [4.69, 9.17) is 5.73 Å². The molecule has 2 rings (SSSR count). The Balaban J connectivity index is 2.09. The van der Waals surface area contributed by atoms with Gasteiger partial charge in [0.25, 0.3) is 0 Å². The summed E-state index contributed by atoms with van der Waals surface area (Å²) in [7, 11) is 0. The van der Waals surface area contributed by atoms with Gasteiger partial charge in [-0.2, -0.15) is 8.78 Å². The van der Waals surface area contributed by atoms with Crippen LogP contribution in [0, 0.1) is 6.92 Å². The van der Waals surface area contributed by atoms with Crippen molar-refractivity contribution in [3.63, 3.8) is 0 Å². The predicted molar refractivity (Wildman–Crippen MR) is 68.6 cm³/mol. The van der Waals surface area contributed by atoms with Gasteiger partial charge in [0.15, 0.2) is 0 Å². The number of nitrogen functional groups attached to an aromatic ring is 1. The highest BCUT2D eigenvalue weighted by molar-refractivity contribution is 7.98. The maximum atomic E-state index is 12.6. The van der Waals surface area contributed by atoms with Crippen molar-refractivity contribution >= 4 is 17.4 Å². The fraction of sp³-hybridized carbons (Fsp3) is 0.250. The second-order valence-electron chi connectivity index (χ2n) is 3.84. The number of benzene rings is 1. The molecule has 0 bridgehead atoms. The molecule has 0 saturated heterocycles. The van der Waals surface area contributed by atoms with Crippen LogP contribution in [0.3, 0.4) is 0 Å². The van der Waals surface area contributed by atoms with E-state index in [2.05, 4.69) is 4.98 Å². The number of halogens is 2. The van der Waals surface area contributed by atoms with E-state index in [9.17, 15) is 8.78 Å². The van der Waals surface area contributed by atoms with Gasteiger partial charge in [-0.3, -0.25) is 4.57 Å². The predicted octanol–water partition coefficient (Wildman–Crippen LogP) is 3.46. The zero-order chi connectivity index (χ0) is 13.1. The smallest absolute Gasteiger partial charge is 0.319 e. The van der Waals surface area contributed by atoms with Crippen molar-refractivity contribution in [2.24, 2.45) is 0 Å². The minimum Gasteiger partial charge on any atom is -0.399 e. The Morgan fingerprint density at radius 3 is 2.89 bits per heavy atom. The molecule has 6 heteroatoms. The Hall–Kier alpha value is -1.56. The molecule has 18 heavy (non-hydrogen) atoms. The summed E-state index contributed by atoms with van der Waals surface area (Å²) < 4.78 is 26.1. The number of hydrogen-bond donors (Lipinski definition) is 1. The number of rotatable bonds is 4. The third kappa shape index (κ3) is 2.81. The number of nitrogens with zero attached hydrogens (tertiary/aromatic N) is 2. The molecule has 0 aliphatic carbocycles. The van der Waals surface area contributed by atoms with Crippen LogP contribution in [0.5, 0.6) is 0 Å². The molecule has 0 radical (unpaired) electrons. The molecule has 3 nitrogen and oxygen atoms in total. The number of aryl methyl sites for hydroxylation is 1. The molecule has 1 heterocycles. The first-order chi connectivity index (χ1) is 8.58. The highest BCUT2D eigenvalue weighted by atomic mass is 32.2. The molecule has 0 saturated carbocycles. The molecule has 1 aromatic heterocycles. The van der Waals surface area contributed by atoms with E-state index in [1.807, 2.05) is 19.1 Å². The van der Waals surface area contributed by atoms with E-state index < -0.39 is 6.55 Å². The van der Waals surface area contributed by atoms with E-state index in [1.165, 1.54) is 24.2 Å². The lowest BCUT2D eigenvalue weighted by molar-refractivity contribution is 0.0678. The summed E-state index contributed by atoms with van der Waals surface area (Å²) in [5, 5.41) is 0. The molecule has 0 aliphatic heterocycles. The second kappa shape index (κ2) is 5.39. The van der Waals surface area contributed by atoms with Gasteiger partial charge in [-0.25, -0.2) is 4.98 Å². The summed E-state index contributed by atoms with van der Waals surface area (Å²) in [5.41, 5.74) is 7.39. The summed E-state index contributed by atoms with van der Waals surface area (Å²) in [6.45, 7) is -0.603. The molecular weight excluding hydrogens is 256 g/mol.